The molecule has 1 fully saturated rings. The Kier molecular flexibility index (Phi) is 5.02. The summed E-state index contributed by atoms with van der Waals surface area (Å²) in [5.74, 6) is 1.63. The molecule has 2 nitrogen and oxygen atoms in total. The molecule has 0 aromatic carbocycles. The molecule has 1 unspecified atom stereocenters. The molecule has 1 aliphatic carbocycles. The maximum absolute atomic E-state index is 5.92. The van der Waals surface area contributed by atoms with Gasteiger partial charge in [0.25, 0.3) is 0 Å². The second-order valence-electron chi connectivity index (χ2n) is 4.36. The highest BCUT2D eigenvalue weighted by Crippen LogP contribution is 2.27. The maximum atomic E-state index is 5.92. The van der Waals surface area contributed by atoms with Crippen LogP contribution < -0.4 is 5.73 Å². The van der Waals surface area contributed by atoms with E-state index in [2.05, 4.69) is 6.58 Å². The van der Waals surface area contributed by atoms with Crippen LogP contribution in [-0.2, 0) is 4.74 Å². The quantitative estimate of drug-likeness (QED) is 0.688. The van der Waals surface area contributed by atoms with Crippen molar-refractivity contribution in [3.05, 3.63) is 12.3 Å². The smallest absolute Gasteiger partial charge is 0.105 e. The van der Waals surface area contributed by atoms with E-state index in [1.54, 1.807) is 7.11 Å². The number of ether oxygens (including phenoxy) is 1. The van der Waals surface area contributed by atoms with Crippen molar-refractivity contribution >= 4 is 0 Å². The summed E-state index contributed by atoms with van der Waals surface area (Å²) in [6, 6.07) is 0.0296. The Morgan fingerprint density at radius 3 is 2.64 bits per heavy atom. The van der Waals surface area contributed by atoms with E-state index in [1.165, 1.54) is 38.5 Å². The van der Waals surface area contributed by atoms with Crippen molar-refractivity contribution < 1.29 is 4.74 Å². The van der Waals surface area contributed by atoms with Crippen LogP contribution >= 0.6 is 0 Å². The van der Waals surface area contributed by atoms with Gasteiger partial charge in [0.05, 0.1) is 13.2 Å². The lowest BCUT2D eigenvalue weighted by Gasteiger charge is -2.23. The molecule has 0 aliphatic heterocycles. The maximum Gasteiger partial charge on any atom is 0.105 e. The fraction of sp³-hybridized carbons (Fsp3) is 0.833. The summed E-state index contributed by atoms with van der Waals surface area (Å²) in [5.41, 5.74) is 5.92. The molecule has 1 aliphatic rings. The van der Waals surface area contributed by atoms with Crippen LogP contribution in [0.4, 0.5) is 0 Å². The Morgan fingerprint density at radius 2 is 2.07 bits per heavy atom. The zero-order valence-electron chi connectivity index (χ0n) is 9.30. The Morgan fingerprint density at radius 1 is 1.43 bits per heavy atom. The first-order chi connectivity index (χ1) is 6.74. The third-order valence-corrected chi connectivity index (χ3v) is 3.29. The van der Waals surface area contributed by atoms with Crippen LogP contribution in [0.25, 0.3) is 0 Å². The minimum Gasteiger partial charge on any atom is -0.500 e. The van der Waals surface area contributed by atoms with Gasteiger partial charge < -0.3 is 10.5 Å². The summed E-state index contributed by atoms with van der Waals surface area (Å²) in [6.45, 7) is 3.79. The normalized spacial score (nSPS) is 20.4. The number of methoxy groups -OCH3 is 1. The van der Waals surface area contributed by atoms with Crippen molar-refractivity contribution in [2.75, 3.05) is 7.11 Å². The second kappa shape index (κ2) is 6.07. The van der Waals surface area contributed by atoms with Gasteiger partial charge in [-0.15, -0.1) is 0 Å². The number of rotatable bonds is 5. The first-order valence-corrected chi connectivity index (χ1v) is 5.72. The van der Waals surface area contributed by atoms with E-state index in [0.717, 1.165) is 18.1 Å². The summed E-state index contributed by atoms with van der Waals surface area (Å²) >= 11 is 0. The summed E-state index contributed by atoms with van der Waals surface area (Å²) in [6.07, 6.45) is 9.29. The van der Waals surface area contributed by atoms with Gasteiger partial charge in [-0.3, -0.25) is 0 Å². The molecule has 2 heteroatoms. The van der Waals surface area contributed by atoms with Gasteiger partial charge in [0.15, 0.2) is 0 Å². The molecule has 0 heterocycles. The molecule has 0 aromatic rings. The van der Waals surface area contributed by atoms with Crippen molar-refractivity contribution in [1.82, 2.24) is 0 Å². The molecule has 14 heavy (non-hydrogen) atoms. The van der Waals surface area contributed by atoms with E-state index in [-0.39, 0.29) is 6.04 Å². The molecule has 0 amide bonds. The van der Waals surface area contributed by atoms with E-state index in [9.17, 15) is 0 Å². The molecule has 2 N–H and O–H groups in total. The average molecular weight is 197 g/mol. The Hall–Kier alpha value is -0.500. The molecule has 0 bridgehead atoms. The molecule has 82 valence electrons. The van der Waals surface area contributed by atoms with Gasteiger partial charge in [-0.1, -0.05) is 38.7 Å². The van der Waals surface area contributed by atoms with Crippen LogP contribution in [0.1, 0.15) is 44.9 Å². The van der Waals surface area contributed by atoms with Crippen LogP contribution in [-0.4, -0.2) is 13.2 Å². The summed E-state index contributed by atoms with van der Waals surface area (Å²) in [5, 5.41) is 0. The highest BCUT2D eigenvalue weighted by molar-refractivity contribution is 4.94. The van der Waals surface area contributed by atoms with Gasteiger partial charge in [-0.2, -0.15) is 0 Å². The van der Waals surface area contributed by atoms with Gasteiger partial charge in [0.1, 0.15) is 5.76 Å². The lowest BCUT2D eigenvalue weighted by atomic mass is 9.85. The van der Waals surface area contributed by atoms with Crippen LogP contribution in [0.2, 0.25) is 0 Å². The zero-order chi connectivity index (χ0) is 10.4. The fourth-order valence-corrected chi connectivity index (χ4v) is 2.20. The van der Waals surface area contributed by atoms with Crippen molar-refractivity contribution in [3.63, 3.8) is 0 Å². The second-order valence-corrected chi connectivity index (χ2v) is 4.36. The SMILES string of the molecule is C=C(OC)C(N)CCC1CCCCC1. The number of nitrogens with two attached hydrogens (primary N) is 1. The number of hydrogen-bond donors (Lipinski definition) is 1. The van der Waals surface area contributed by atoms with Gasteiger partial charge in [-0.25, -0.2) is 0 Å². The molecular formula is C12H23NO. The minimum atomic E-state index is 0.0296. The highest BCUT2D eigenvalue weighted by Gasteiger charge is 2.15. The summed E-state index contributed by atoms with van der Waals surface area (Å²) in [4.78, 5) is 0. The predicted molar refractivity (Wildman–Crippen MR) is 59.9 cm³/mol. The lowest BCUT2D eigenvalue weighted by molar-refractivity contribution is 0.251. The van der Waals surface area contributed by atoms with Crippen molar-refractivity contribution in [3.8, 4) is 0 Å². The van der Waals surface area contributed by atoms with Gasteiger partial charge in [-0.05, 0) is 18.8 Å². The Balaban J connectivity index is 2.15. The van der Waals surface area contributed by atoms with Crippen LogP contribution in [0, 0.1) is 5.92 Å². The topological polar surface area (TPSA) is 35.2 Å². The predicted octanol–water partition coefficient (Wildman–Crippen LogP) is 2.83. The van der Waals surface area contributed by atoms with Crippen LogP contribution in [0.15, 0.2) is 12.3 Å². The van der Waals surface area contributed by atoms with E-state index >= 15 is 0 Å². The third kappa shape index (κ3) is 3.70. The third-order valence-electron chi connectivity index (χ3n) is 3.29. The monoisotopic (exact) mass is 197 g/mol. The number of hydrogen-bond acceptors (Lipinski definition) is 2. The van der Waals surface area contributed by atoms with Crippen molar-refractivity contribution in [1.29, 1.82) is 0 Å². The van der Waals surface area contributed by atoms with Crippen molar-refractivity contribution in [2.24, 2.45) is 11.7 Å². The molecule has 0 aromatic heterocycles. The summed E-state index contributed by atoms with van der Waals surface area (Å²) in [7, 11) is 1.64. The minimum absolute atomic E-state index is 0.0296. The molecular weight excluding hydrogens is 174 g/mol. The average Bonchev–Trinajstić information content (AvgIpc) is 2.26. The van der Waals surface area contributed by atoms with Gasteiger partial charge in [0, 0.05) is 0 Å². The standard InChI is InChI=1S/C12H23NO/c1-10(14-2)12(13)9-8-11-6-4-3-5-7-11/h11-12H,1,3-9,13H2,2H3. The van der Waals surface area contributed by atoms with Gasteiger partial charge in [0.2, 0.25) is 0 Å². The molecule has 0 radical (unpaired) electrons. The molecule has 1 rings (SSSR count). The van der Waals surface area contributed by atoms with E-state index in [1.807, 2.05) is 0 Å². The van der Waals surface area contributed by atoms with E-state index in [0.29, 0.717) is 0 Å². The van der Waals surface area contributed by atoms with Crippen LogP contribution in [0.3, 0.4) is 0 Å². The molecule has 1 saturated carbocycles. The lowest BCUT2D eigenvalue weighted by Crippen LogP contribution is -2.24. The molecule has 0 spiro atoms. The van der Waals surface area contributed by atoms with Crippen molar-refractivity contribution in [2.45, 2.75) is 51.0 Å². The first kappa shape index (κ1) is 11.6. The Labute approximate surface area is 87.5 Å². The summed E-state index contributed by atoms with van der Waals surface area (Å²) < 4.78 is 5.03. The van der Waals surface area contributed by atoms with Crippen LogP contribution in [0.5, 0.6) is 0 Å². The van der Waals surface area contributed by atoms with E-state index in [4.69, 9.17) is 10.5 Å². The van der Waals surface area contributed by atoms with Gasteiger partial charge >= 0.3 is 0 Å². The highest BCUT2D eigenvalue weighted by atomic mass is 16.5. The molecule has 1 atom stereocenters. The Bertz CT molecular complexity index is 173. The fourth-order valence-electron chi connectivity index (χ4n) is 2.20. The largest absolute Gasteiger partial charge is 0.500 e. The zero-order valence-corrected chi connectivity index (χ0v) is 9.30. The first-order valence-electron chi connectivity index (χ1n) is 5.72. The van der Waals surface area contributed by atoms with E-state index < -0.39 is 0 Å². The molecule has 0 saturated heterocycles.